The summed E-state index contributed by atoms with van der Waals surface area (Å²) in [6.07, 6.45) is 1.88. The Morgan fingerprint density at radius 3 is 2.48 bits per heavy atom. The minimum absolute atomic E-state index is 0.140. The normalized spacial score (nSPS) is 17.1. The van der Waals surface area contributed by atoms with Crippen LogP contribution in [0.1, 0.15) is 32.3 Å². The highest BCUT2D eigenvalue weighted by atomic mass is 32.2. The number of aliphatic carboxylic acids is 1. The van der Waals surface area contributed by atoms with Crippen molar-refractivity contribution in [2.24, 2.45) is 0 Å². The highest BCUT2D eigenvalue weighted by Crippen LogP contribution is 2.37. The number of para-hydroxylation sites is 1. The second-order valence-electron chi connectivity index (χ2n) is 8.71. The van der Waals surface area contributed by atoms with Crippen LogP contribution in [0, 0.1) is 0 Å². The molecule has 1 aliphatic heterocycles. The summed E-state index contributed by atoms with van der Waals surface area (Å²) >= 11 is 0. The van der Waals surface area contributed by atoms with Gasteiger partial charge in [0.1, 0.15) is 5.75 Å². The maximum atomic E-state index is 13.4. The lowest BCUT2D eigenvalue weighted by atomic mass is 9.85. The number of rotatable bonds is 6. The minimum atomic E-state index is -3.77. The van der Waals surface area contributed by atoms with Crippen molar-refractivity contribution in [3.63, 3.8) is 0 Å². The van der Waals surface area contributed by atoms with Crippen molar-refractivity contribution in [3.05, 3.63) is 66.4 Å². The highest BCUT2D eigenvalue weighted by Gasteiger charge is 2.39. The van der Waals surface area contributed by atoms with E-state index in [-0.39, 0.29) is 30.8 Å². The molecule has 0 spiro atoms. The molecule has 174 valence electrons. The monoisotopic (exact) mass is 470 g/mol. The smallest absolute Gasteiger partial charge is 0.347 e. The molecule has 0 unspecified atom stereocenters. The maximum Gasteiger partial charge on any atom is 0.347 e. The summed E-state index contributed by atoms with van der Waals surface area (Å²) in [4.78, 5) is 15.8. The first-order valence-electron chi connectivity index (χ1n) is 10.6. The summed E-state index contributed by atoms with van der Waals surface area (Å²) in [6, 6.07) is 15.3. The molecule has 9 heteroatoms. The fraction of sp³-hybridized carbons (Fsp3) is 0.333. The lowest BCUT2D eigenvalue weighted by Crippen LogP contribution is -2.45. The van der Waals surface area contributed by atoms with E-state index in [1.54, 1.807) is 42.5 Å². The number of carboxylic acid groups (broad SMARTS) is 1. The number of nitrogens with zero attached hydrogens (tertiary/aromatic N) is 2. The standard InChI is InChI=1S/C24H26N2O6S/c1-23(2,22(27)28)32-18-7-5-6-17(16-18)24(29)11-14-26(15-12-24)33(30,31)21-10-13-25-20-9-4-3-8-19(20)21/h3-10,13,16,29H,11-12,14-15H2,1-2H3,(H,27,28). The molecular weight excluding hydrogens is 444 g/mol. The van der Waals surface area contributed by atoms with Crippen molar-refractivity contribution in [1.82, 2.24) is 9.29 Å². The molecular formula is C24H26N2O6S. The number of aromatic nitrogens is 1. The number of carbonyl (C=O) groups is 1. The Hall–Kier alpha value is -3.01. The van der Waals surface area contributed by atoms with Crippen LogP contribution < -0.4 is 4.74 Å². The van der Waals surface area contributed by atoms with Gasteiger partial charge in [-0.3, -0.25) is 4.98 Å². The van der Waals surface area contributed by atoms with Gasteiger partial charge in [-0.25, -0.2) is 13.2 Å². The van der Waals surface area contributed by atoms with Gasteiger partial charge in [0.05, 0.1) is 16.0 Å². The Morgan fingerprint density at radius 1 is 1.09 bits per heavy atom. The number of aliphatic hydroxyl groups is 1. The molecule has 1 fully saturated rings. The first-order valence-corrected chi connectivity index (χ1v) is 12.1. The Kier molecular flexibility index (Phi) is 5.90. The van der Waals surface area contributed by atoms with Crippen LogP contribution >= 0.6 is 0 Å². The Morgan fingerprint density at radius 2 is 1.79 bits per heavy atom. The van der Waals surface area contributed by atoms with Gasteiger partial charge in [-0.1, -0.05) is 30.3 Å². The molecule has 2 N–H and O–H groups in total. The molecule has 2 aromatic carbocycles. The quantitative estimate of drug-likeness (QED) is 0.568. The van der Waals surface area contributed by atoms with Gasteiger partial charge in [0.25, 0.3) is 0 Å². The Balaban J connectivity index is 1.55. The van der Waals surface area contributed by atoms with E-state index in [9.17, 15) is 23.4 Å². The molecule has 33 heavy (non-hydrogen) atoms. The van der Waals surface area contributed by atoms with Crippen LogP contribution in [-0.4, -0.2) is 52.6 Å². The van der Waals surface area contributed by atoms with Gasteiger partial charge in [0.2, 0.25) is 10.0 Å². The second-order valence-corrected chi connectivity index (χ2v) is 10.6. The summed E-state index contributed by atoms with van der Waals surface area (Å²) in [5.74, 6) is -0.777. The zero-order chi connectivity index (χ0) is 23.9. The van der Waals surface area contributed by atoms with E-state index in [0.717, 1.165) is 0 Å². The van der Waals surface area contributed by atoms with E-state index in [1.807, 2.05) is 6.07 Å². The van der Waals surface area contributed by atoms with Crippen LogP contribution in [0.5, 0.6) is 5.75 Å². The molecule has 0 amide bonds. The molecule has 0 saturated carbocycles. The van der Waals surface area contributed by atoms with Crippen LogP contribution in [0.15, 0.2) is 65.7 Å². The van der Waals surface area contributed by atoms with Crippen molar-refractivity contribution in [3.8, 4) is 5.75 Å². The third-order valence-electron chi connectivity index (χ3n) is 6.04. The van der Waals surface area contributed by atoms with Crippen LogP contribution in [0.25, 0.3) is 10.9 Å². The SMILES string of the molecule is CC(C)(Oc1cccc(C2(O)CCN(S(=O)(=O)c3ccnc4ccccc34)CC2)c1)C(=O)O. The van der Waals surface area contributed by atoms with Gasteiger partial charge >= 0.3 is 5.97 Å². The third-order valence-corrected chi connectivity index (χ3v) is 7.99. The average Bonchev–Trinajstić information content (AvgIpc) is 2.79. The van der Waals surface area contributed by atoms with E-state index in [2.05, 4.69) is 4.98 Å². The summed E-state index contributed by atoms with van der Waals surface area (Å²) in [5, 5.41) is 21.2. The number of hydrogen-bond donors (Lipinski definition) is 2. The van der Waals surface area contributed by atoms with E-state index >= 15 is 0 Å². The fourth-order valence-electron chi connectivity index (χ4n) is 4.01. The lowest BCUT2D eigenvalue weighted by Gasteiger charge is -2.38. The molecule has 1 saturated heterocycles. The number of ether oxygens (including phenoxy) is 1. The summed E-state index contributed by atoms with van der Waals surface area (Å²) in [6.45, 7) is 3.17. The average molecular weight is 471 g/mol. The molecule has 0 bridgehead atoms. The van der Waals surface area contributed by atoms with Crippen LogP contribution in [0.4, 0.5) is 0 Å². The molecule has 0 radical (unpaired) electrons. The predicted molar refractivity (Wildman–Crippen MR) is 122 cm³/mol. The van der Waals surface area contributed by atoms with E-state index < -0.39 is 27.2 Å². The molecule has 4 rings (SSSR count). The third kappa shape index (κ3) is 4.44. The zero-order valence-corrected chi connectivity index (χ0v) is 19.2. The van der Waals surface area contributed by atoms with Crippen molar-refractivity contribution >= 4 is 26.9 Å². The molecule has 2 heterocycles. The van der Waals surface area contributed by atoms with Crippen LogP contribution in [0.2, 0.25) is 0 Å². The molecule has 1 aromatic heterocycles. The summed E-state index contributed by atoms with van der Waals surface area (Å²) < 4.78 is 33.7. The van der Waals surface area contributed by atoms with Crippen LogP contribution in [0.3, 0.4) is 0 Å². The van der Waals surface area contributed by atoms with E-state index in [0.29, 0.717) is 22.2 Å². The molecule has 3 aromatic rings. The van der Waals surface area contributed by atoms with Gasteiger partial charge in [0.15, 0.2) is 5.60 Å². The van der Waals surface area contributed by atoms with Gasteiger partial charge in [0, 0.05) is 24.7 Å². The number of benzene rings is 2. The predicted octanol–water partition coefficient (Wildman–Crippen LogP) is 3.15. The Bertz CT molecular complexity index is 1290. The zero-order valence-electron chi connectivity index (χ0n) is 18.4. The number of hydrogen-bond acceptors (Lipinski definition) is 6. The number of pyridine rings is 1. The molecule has 0 aliphatic carbocycles. The van der Waals surface area contributed by atoms with Gasteiger partial charge in [-0.05, 0) is 56.5 Å². The number of sulfonamides is 1. The largest absolute Gasteiger partial charge is 0.478 e. The van der Waals surface area contributed by atoms with Gasteiger partial charge in [-0.15, -0.1) is 0 Å². The lowest BCUT2D eigenvalue weighted by molar-refractivity contribution is -0.152. The molecule has 8 nitrogen and oxygen atoms in total. The topological polar surface area (TPSA) is 117 Å². The van der Waals surface area contributed by atoms with Crippen LogP contribution in [-0.2, 0) is 20.4 Å². The minimum Gasteiger partial charge on any atom is -0.478 e. The van der Waals surface area contributed by atoms with Crippen molar-refractivity contribution in [2.75, 3.05) is 13.1 Å². The van der Waals surface area contributed by atoms with Crippen molar-refractivity contribution in [2.45, 2.75) is 42.8 Å². The Labute approximate surface area is 192 Å². The van der Waals surface area contributed by atoms with E-state index in [4.69, 9.17) is 4.74 Å². The van der Waals surface area contributed by atoms with Crippen molar-refractivity contribution in [1.29, 1.82) is 0 Å². The number of fused-ring (bicyclic) bond motifs is 1. The molecule has 1 aliphatic rings. The highest BCUT2D eigenvalue weighted by molar-refractivity contribution is 7.89. The summed E-state index contributed by atoms with van der Waals surface area (Å²) in [7, 11) is -3.77. The summed E-state index contributed by atoms with van der Waals surface area (Å²) in [5.41, 5.74) is -1.51. The first-order chi connectivity index (χ1) is 15.5. The van der Waals surface area contributed by atoms with Gasteiger partial charge < -0.3 is 14.9 Å². The van der Waals surface area contributed by atoms with Gasteiger partial charge in [-0.2, -0.15) is 4.31 Å². The second kappa shape index (κ2) is 8.40. The van der Waals surface area contributed by atoms with E-state index in [1.165, 1.54) is 30.4 Å². The van der Waals surface area contributed by atoms with Crippen molar-refractivity contribution < 1.29 is 28.2 Å². The number of piperidine rings is 1. The number of carboxylic acids is 1. The fourth-order valence-corrected chi connectivity index (χ4v) is 5.63. The first kappa shape index (κ1) is 23.2. The maximum absolute atomic E-state index is 13.4. The molecule has 0 atom stereocenters.